The summed E-state index contributed by atoms with van der Waals surface area (Å²) >= 11 is 0. The fourth-order valence-corrected chi connectivity index (χ4v) is 1.55. The topological polar surface area (TPSA) is 64.8 Å². The predicted molar refractivity (Wildman–Crippen MR) is 67.8 cm³/mol. The second kappa shape index (κ2) is 7.63. The maximum atomic E-state index is 11.4. The van der Waals surface area contributed by atoms with Crippen molar-refractivity contribution in [2.45, 2.75) is 38.8 Å². The van der Waals surface area contributed by atoms with Crippen LogP contribution in [0.3, 0.4) is 0 Å². The highest BCUT2D eigenvalue weighted by Crippen LogP contribution is 2.10. The number of ether oxygens (including phenoxy) is 2. The lowest BCUT2D eigenvalue weighted by Gasteiger charge is -2.30. The Morgan fingerprint density at radius 3 is 2.35 bits per heavy atom. The van der Waals surface area contributed by atoms with Gasteiger partial charge in [-0.15, -0.1) is 0 Å². The van der Waals surface area contributed by atoms with E-state index in [1.807, 2.05) is 0 Å². The Balaban J connectivity index is 4.24. The summed E-state index contributed by atoms with van der Waals surface area (Å²) in [6, 6.07) is 0.401. The third kappa shape index (κ3) is 6.00. The van der Waals surface area contributed by atoms with Crippen LogP contribution in [0.4, 0.5) is 0 Å². The lowest BCUT2D eigenvalue weighted by Crippen LogP contribution is -2.49. The molecule has 1 atom stereocenters. The second-order valence-corrected chi connectivity index (χ2v) is 4.78. The second-order valence-electron chi connectivity index (χ2n) is 4.78. The van der Waals surface area contributed by atoms with Gasteiger partial charge in [0.15, 0.2) is 0 Å². The van der Waals surface area contributed by atoms with Crippen molar-refractivity contribution in [1.82, 2.24) is 4.90 Å². The molecule has 0 aromatic heterocycles. The fourth-order valence-electron chi connectivity index (χ4n) is 1.55. The summed E-state index contributed by atoms with van der Waals surface area (Å²) in [5, 5.41) is 0. The molecule has 0 aromatic rings. The molecular weight excluding hydrogens is 220 g/mol. The number of esters is 1. The molecule has 0 aliphatic rings. The van der Waals surface area contributed by atoms with Crippen molar-refractivity contribution >= 4 is 5.97 Å². The van der Waals surface area contributed by atoms with Gasteiger partial charge in [0.25, 0.3) is 0 Å². The molecule has 5 nitrogen and oxygen atoms in total. The smallest absolute Gasteiger partial charge is 0.325 e. The summed E-state index contributed by atoms with van der Waals surface area (Å²) in [6.07, 6.45) is 0.571. The van der Waals surface area contributed by atoms with Gasteiger partial charge in [-0.25, -0.2) is 0 Å². The molecule has 0 radical (unpaired) electrons. The Kier molecular flexibility index (Phi) is 7.34. The molecule has 5 heteroatoms. The van der Waals surface area contributed by atoms with E-state index in [-0.39, 0.29) is 5.97 Å². The predicted octanol–water partition coefficient (Wildman–Crippen LogP) is 0.624. The summed E-state index contributed by atoms with van der Waals surface area (Å²) < 4.78 is 9.74. The number of carbonyl (C=O) groups excluding carboxylic acids is 1. The van der Waals surface area contributed by atoms with Crippen molar-refractivity contribution in [3.8, 4) is 0 Å². The van der Waals surface area contributed by atoms with Gasteiger partial charge in [0.05, 0.1) is 13.7 Å². The van der Waals surface area contributed by atoms with E-state index in [4.69, 9.17) is 10.5 Å². The van der Waals surface area contributed by atoms with Crippen LogP contribution in [0.1, 0.15) is 27.2 Å². The van der Waals surface area contributed by atoms with Crippen molar-refractivity contribution in [1.29, 1.82) is 0 Å². The van der Waals surface area contributed by atoms with Crippen LogP contribution in [0.2, 0.25) is 0 Å². The highest BCUT2D eigenvalue weighted by atomic mass is 16.5. The molecule has 0 fully saturated rings. The van der Waals surface area contributed by atoms with Crippen LogP contribution in [-0.4, -0.2) is 56.4 Å². The quantitative estimate of drug-likeness (QED) is 0.636. The zero-order valence-electron chi connectivity index (χ0n) is 11.7. The number of rotatable bonds is 8. The van der Waals surface area contributed by atoms with E-state index >= 15 is 0 Å². The van der Waals surface area contributed by atoms with E-state index in [2.05, 4.69) is 23.5 Å². The van der Waals surface area contributed by atoms with Crippen molar-refractivity contribution < 1.29 is 14.3 Å². The number of methoxy groups -OCH3 is 2. The average molecular weight is 246 g/mol. The van der Waals surface area contributed by atoms with E-state index < -0.39 is 5.54 Å². The Bertz CT molecular complexity index is 230. The van der Waals surface area contributed by atoms with Gasteiger partial charge < -0.3 is 15.2 Å². The highest BCUT2D eigenvalue weighted by molar-refractivity contribution is 5.79. The van der Waals surface area contributed by atoms with Crippen molar-refractivity contribution in [3.05, 3.63) is 0 Å². The highest BCUT2D eigenvalue weighted by Gasteiger charge is 2.29. The standard InChI is InChI=1S/C12H26N2O3/c1-10(2)14(8-9-16-4)7-6-12(3,13)11(15)17-5/h10H,6-9,13H2,1-5H3. The average Bonchev–Trinajstić information content (AvgIpc) is 2.27. The van der Waals surface area contributed by atoms with Crippen molar-refractivity contribution in [3.63, 3.8) is 0 Å². The minimum absolute atomic E-state index is 0.368. The van der Waals surface area contributed by atoms with E-state index in [1.165, 1.54) is 7.11 Å². The molecule has 0 aromatic carbocycles. The lowest BCUT2D eigenvalue weighted by molar-refractivity contribution is -0.146. The van der Waals surface area contributed by atoms with Crippen LogP contribution in [0.5, 0.6) is 0 Å². The summed E-state index contributed by atoms with van der Waals surface area (Å²) in [7, 11) is 3.04. The third-order valence-corrected chi connectivity index (χ3v) is 2.88. The maximum absolute atomic E-state index is 11.4. The van der Waals surface area contributed by atoms with Crippen molar-refractivity contribution in [2.75, 3.05) is 33.9 Å². The minimum atomic E-state index is -0.922. The van der Waals surface area contributed by atoms with Crippen molar-refractivity contribution in [2.24, 2.45) is 5.73 Å². The molecule has 102 valence electrons. The Morgan fingerprint density at radius 2 is 1.94 bits per heavy atom. The van der Waals surface area contributed by atoms with Gasteiger partial charge in [0.2, 0.25) is 0 Å². The van der Waals surface area contributed by atoms with Crippen LogP contribution in [0.15, 0.2) is 0 Å². The summed E-state index contributed by atoms with van der Waals surface area (Å²) in [5.74, 6) is -0.368. The first-order valence-electron chi connectivity index (χ1n) is 5.95. The number of hydrogen-bond donors (Lipinski definition) is 1. The number of hydrogen-bond acceptors (Lipinski definition) is 5. The van der Waals surface area contributed by atoms with Crippen LogP contribution >= 0.6 is 0 Å². The largest absolute Gasteiger partial charge is 0.468 e. The summed E-state index contributed by atoms with van der Waals surface area (Å²) in [6.45, 7) is 8.20. The number of nitrogens with zero attached hydrogens (tertiary/aromatic N) is 1. The molecule has 0 rings (SSSR count). The first-order valence-corrected chi connectivity index (χ1v) is 5.95. The summed E-state index contributed by atoms with van der Waals surface area (Å²) in [4.78, 5) is 13.7. The van der Waals surface area contributed by atoms with Gasteiger partial charge in [-0.2, -0.15) is 0 Å². The molecule has 17 heavy (non-hydrogen) atoms. The van der Waals surface area contributed by atoms with E-state index in [0.29, 0.717) is 19.1 Å². The van der Waals surface area contributed by atoms with Crippen LogP contribution in [0, 0.1) is 0 Å². The molecule has 1 unspecified atom stereocenters. The zero-order valence-corrected chi connectivity index (χ0v) is 11.7. The number of nitrogens with two attached hydrogens (primary N) is 1. The number of carbonyl (C=O) groups is 1. The molecule has 0 bridgehead atoms. The van der Waals surface area contributed by atoms with Crippen LogP contribution in [0.25, 0.3) is 0 Å². The van der Waals surface area contributed by atoms with Gasteiger partial charge >= 0.3 is 5.97 Å². The molecular formula is C12H26N2O3. The third-order valence-electron chi connectivity index (χ3n) is 2.88. The Labute approximate surface area is 104 Å². The van der Waals surface area contributed by atoms with E-state index in [1.54, 1.807) is 14.0 Å². The van der Waals surface area contributed by atoms with Crippen LogP contribution in [-0.2, 0) is 14.3 Å². The molecule has 0 heterocycles. The van der Waals surface area contributed by atoms with Gasteiger partial charge in [-0.3, -0.25) is 9.69 Å². The molecule has 2 N–H and O–H groups in total. The van der Waals surface area contributed by atoms with Gasteiger partial charge in [-0.05, 0) is 27.2 Å². The van der Waals surface area contributed by atoms with Crippen LogP contribution < -0.4 is 5.73 Å². The van der Waals surface area contributed by atoms with Gasteiger partial charge in [0, 0.05) is 26.2 Å². The molecule has 0 saturated carbocycles. The SMILES string of the molecule is COCCN(CCC(C)(N)C(=O)OC)C(C)C. The molecule has 0 aliphatic carbocycles. The first-order chi connectivity index (χ1) is 7.85. The van der Waals surface area contributed by atoms with Gasteiger partial charge in [0.1, 0.15) is 5.54 Å². The Morgan fingerprint density at radius 1 is 1.35 bits per heavy atom. The maximum Gasteiger partial charge on any atom is 0.325 e. The van der Waals surface area contributed by atoms with Gasteiger partial charge in [-0.1, -0.05) is 0 Å². The normalized spacial score (nSPS) is 15.1. The summed E-state index contributed by atoms with van der Waals surface area (Å²) in [5.41, 5.74) is 4.99. The first kappa shape index (κ1) is 16.4. The monoisotopic (exact) mass is 246 g/mol. The van der Waals surface area contributed by atoms with E-state index in [0.717, 1.165) is 13.1 Å². The molecule has 0 amide bonds. The molecule has 0 aliphatic heterocycles. The molecule has 0 spiro atoms. The molecule has 0 saturated heterocycles. The fraction of sp³-hybridized carbons (Fsp3) is 0.917. The lowest BCUT2D eigenvalue weighted by atomic mass is 9.99. The minimum Gasteiger partial charge on any atom is -0.468 e. The van der Waals surface area contributed by atoms with E-state index in [9.17, 15) is 4.79 Å². The Hall–Kier alpha value is -0.650. The zero-order chi connectivity index (χ0) is 13.5.